The third kappa shape index (κ3) is 3.53. The summed E-state index contributed by atoms with van der Waals surface area (Å²) in [5.41, 5.74) is 3.06. The lowest BCUT2D eigenvalue weighted by Gasteiger charge is -2.09. The molecule has 1 aliphatic rings. The van der Waals surface area contributed by atoms with Gasteiger partial charge >= 0.3 is 5.63 Å². The van der Waals surface area contributed by atoms with Crippen molar-refractivity contribution in [2.45, 2.75) is 26.2 Å². The van der Waals surface area contributed by atoms with Crippen LogP contribution in [0, 0.1) is 0 Å². The number of rotatable bonds is 5. The normalized spacial score (nSPS) is 12.6. The SMILES string of the molecule is CC(=O)c1cccc(NC(=O)COc2ccc3c4c(c(=O)oc3c2)CCC4)c1. The van der Waals surface area contributed by atoms with E-state index in [9.17, 15) is 14.4 Å². The molecule has 0 atom stereocenters. The summed E-state index contributed by atoms with van der Waals surface area (Å²) < 4.78 is 11.0. The molecule has 0 aliphatic heterocycles. The van der Waals surface area contributed by atoms with Crippen LogP contribution >= 0.6 is 0 Å². The lowest BCUT2D eigenvalue weighted by atomic mass is 10.1. The van der Waals surface area contributed by atoms with E-state index in [1.165, 1.54) is 6.92 Å². The maximum Gasteiger partial charge on any atom is 0.339 e. The second-order valence-corrected chi connectivity index (χ2v) is 6.83. The van der Waals surface area contributed by atoms with E-state index in [1.807, 2.05) is 6.07 Å². The van der Waals surface area contributed by atoms with Crippen molar-refractivity contribution >= 4 is 28.3 Å². The van der Waals surface area contributed by atoms with Crippen molar-refractivity contribution in [2.24, 2.45) is 0 Å². The zero-order chi connectivity index (χ0) is 19.7. The Morgan fingerprint density at radius 3 is 2.75 bits per heavy atom. The van der Waals surface area contributed by atoms with E-state index in [4.69, 9.17) is 9.15 Å². The number of benzene rings is 2. The first-order valence-electron chi connectivity index (χ1n) is 9.13. The quantitative estimate of drug-likeness (QED) is 0.543. The summed E-state index contributed by atoms with van der Waals surface area (Å²) in [6.45, 7) is 1.27. The van der Waals surface area contributed by atoms with Crippen molar-refractivity contribution in [3.8, 4) is 5.75 Å². The maximum atomic E-state index is 12.1. The fraction of sp³-hybridized carbons (Fsp3) is 0.227. The van der Waals surface area contributed by atoms with Gasteiger partial charge in [0.05, 0.1) is 0 Å². The molecule has 6 heteroatoms. The van der Waals surface area contributed by atoms with Crippen LogP contribution in [-0.2, 0) is 17.6 Å². The van der Waals surface area contributed by atoms with E-state index in [0.29, 0.717) is 22.6 Å². The van der Waals surface area contributed by atoms with Crippen LogP contribution < -0.4 is 15.7 Å². The van der Waals surface area contributed by atoms with E-state index < -0.39 is 0 Å². The molecule has 0 unspecified atom stereocenters. The average Bonchev–Trinajstić information content (AvgIpc) is 3.17. The maximum absolute atomic E-state index is 12.1. The zero-order valence-electron chi connectivity index (χ0n) is 15.4. The number of amides is 1. The Morgan fingerprint density at radius 2 is 1.93 bits per heavy atom. The molecule has 1 heterocycles. The first-order valence-corrected chi connectivity index (χ1v) is 9.13. The molecule has 2 aromatic carbocycles. The average molecular weight is 377 g/mol. The number of hydrogen-bond donors (Lipinski definition) is 1. The highest BCUT2D eigenvalue weighted by molar-refractivity contribution is 5.97. The topological polar surface area (TPSA) is 85.6 Å². The molecule has 28 heavy (non-hydrogen) atoms. The van der Waals surface area contributed by atoms with Gasteiger partial charge in [0.25, 0.3) is 5.91 Å². The Kier molecular flexibility index (Phi) is 4.69. The molecule has 3 aromatic rings. The third-order valence-corrected chi connectivity index (χ3v) is 4.87. The van der Waals surface area contributed by atoms with Gasteiger partial charge < -0.3 is 14.5 Å². The van der Waals surface area contributed by atoms with Crippen molar-refractivity contribution in [2.75, 3.05) is 11.9 Å². The number of hydrogen-bond acceptors (Lipinski definition) is 5. The van der Waals surface area contributed by atoms with Crippen molar-refractivity contribution in [3.63, 3.8) is 0 Å². The number of carbonyl (C=O) groups is 2. The molecule has 0 bridgehead atoms. The highest BCUT2D eigenvalue weighted by atomic mass is 16.5. The first kappa shape index (κ1) is 18.0. The molecule has 6 nitrogen and oxygen atoms in total. The molecular weight excluding hydrogens is 358 g/mol. The van der Waals surface area contributed by atoms with Gasteiger partial charge in [-0.1, -0.05) is 12.1 Å². The number of fused-ring (bicyclic) bond motifs is 3. The number of carbonyl (C=O) groups excluding carboxylic acids is 2. The summed E-state index contributed by atoms with van der Waals surface area (Å²) in [5, 5.41) is 3.62. The van der Waals surface area contributed by atoms with E-state index >= 15 is 0 Å². The van der Waals surface area contributed by atoms with E-state index in [0.717, 1.165) is 35.8 Å². The molecule has 0 spiro atoms. The Balaban J connectivity index is 1.46. The number of ketones is 1. The Labute approximate surface area is 161 Å². The third-order valence-electron chi connectivity index (χ3n) is 4.87. The van der Waals surface area contributed by atoms with Crippen LogP contribution in [0.1, 0.15) is 34.8 Å². The Hall–Kier alpha value is -3.41. The number of nitrogens with one attached hydrogen (secondary N) is 1. The molecule has 0 saturated heterocycles. The van der Waals surface area contributed by atoms with Crippen molar-refractivity contribution in [1.29, 1.82) is 0 Å². The second kappa shape index (κ2) is 7.31. The van der Waals surface area contributed by atoms with Crippen LogP contribution in [0.3, 0.4) is 0 Å². The molecule has 1 amide bonds. The molecule has 0 saturated carbocycles. The summed E-state index contributed by atoms with van der Waals surface area (Å²) >= 11 is 0. The smallest absolute Gasteiger partial charge is 0.339 e. The molecular formula is C22H19NO5. The summed E-state index contributed by atoms with van der Waals surface area (Å²) in [4.78, 5) is 35.7. The van der Waals surface area contributed by atoms with E-state index in [-0.39, 0.29) is 23.9 Å². The molecule has 0 radical (unpaired) electrons. The van der Waals surface area contributed by atoms with Crippen LogP contribution in [0.2, 0.25) is 0 Å². The molecule has 1 aromatic heterocycles. The lowest BCUT2D eigenvalue weighted by Crippen LogP contribution is -2.20. The summed E-state index contributed by atoms with van der Waals surface area (Å²) in [6.07, 6.45) is 2.60. The lowest BCUT2D eigenvalue weighted by molar-refractivity contribution is -0.118. The Bertz CT molecular complexity index is 1150. The van der Waals surface area contributed by atoms with Gasteiger partial charge in [-0.15, -0.1) is 0 Å². The minimum absolute atomic E-state index is 0.0727. The van der Waals surface area contributed by atoms with Gasteiger partial charge in [-0.3, -0.25) is 9.59 Å². The first-order chi connectivity index (χ1) is 13.5. The molecule has 1 aliphatic carbocycles. The monoisotopic (exact) mass is 377 g/mol. The van der Waals surface area contributed by atoms with Crippen LogP contribution in [0.5, 0.6) is 5.75 Å². The number of Topliss-reactive ketones (excluding diaryl/α,β-unsaturated/α-hetero) is 1. The fourth-order valence-electron chi connectivity index (χ4n) is 3.52. The van der Waals surface area contributed by atoms with Gasteiger partial charge in [-0.05, 0) is 56.0 Å². The molecule has 0 fully saturated rings. The predicted octanol–water partition coefficient (Wildman–Crippen LogP) is 3.50. The van der Waals surface area contributed by atoms with E-state index in [2.05, 4.69) is 5.32 Å². The summed E-state index contributed by atoms with van der Waals surface area (Å²) in [6, 6.07) is 12.0. The largest absolute Gasteiger partial charge is 0.484 e. The summed E-state index contributed by atoms with van der Waals surface area (Å²) in [7, 11) is 0. The standard InChI is InChI=1S/C22H19NO5/c1-13(24)14-4-2-5-15(10-14)23-21(25)12-27-16-8-9-18-17-6-3-7-19(17)22(26)28-20(18)11-16/h2,4-5,8-11H,3,6-7,12H2,1H3,(H,23,25). The van der Waals surface area contributed by atoms with Crippen LogP contribution in [0.25, 0.3) is 11.0 Å². The van der Waals surface area contributed by atoms with Gasteiger partial charge in [0.1, 0.15) is 11.3 Å². The number of aryl methyl sites for hydroxylation is 1. The second-order valence-electron chi connectivity index (χ2n) is 6.83. The minimum atomic E-state index is -0.351. The Morgan fingerprint density at radius 1 is 1.11 bits per heavy atom. The van der Waals surface area contributed by atoms with Gasteiger partial charge in [0, 0.05) is 28.3 Å². The van der Waals surface area contributed by atoms with Crippen molar-refractivity contribution < 1.29 is 18.7 Å². The van der Waals surface area contributed by atoms with Crippen molar-refractivity contribution in [1.82, 2.24) is 0 Å². The van der Waals surface area contributed by atoms with Crippen LogP contribution in [0.4, 0.5) is 5.69 Å². The minimum Gasteiger partial charge on any atom is -0.484 e. The fourth-order valence-corrected chi connectivity index (χ4v) is 3.52. The molecule has 142 valence electrons. The molecule has 1 N–H and O–H groups in total. The van der Waals surface area contributed by atoms with Gasteiger partial charge in [0.15, 0.2) is 12.4 Å². The highest BCUT2D eigenvalue weighted by Gasteiger charge is 2.19. The van der Waals surface area contributed by atoms with Gasteiger partial charge in [-0.2, -0.15) is 0 Å². The predicted molar refractivity (Wildman–Crippen MR) is 105 cm³/mol. The van der Waals surface area contributed by atoms with Gasteiger partial charge in [-0.25, -0.2) is 4.79 Å². The van der Waals surface area contributed by atoms with E-state index in [1.54, 1.807) is 36.4 Å². The molecule has 4 rings (SSSR count). The highest BCUT2D eigenvalue weighted by Crippen LogP contribution is 2.29. The number of anilines is 1. The number of ether oxygens (including phenoxy) is 1. The summed E-state index contributed by atoms with van der Waals surface area (Å²) in [5.74, 6) is 0.0222. The van der Waals surface area contributed by atoms with Gasteiger partial charge in [0.2, 0.25) is 0 Å². The zero-order valence-corrected chi connectivity index (χ0v) is 15.4. The van der Waals surface area contributed by atoms with Crippen molar-refractivity contribution in [3.05, 3.63) is 69.6 Å². The van der Waals surface area contributed by atoms with Crippen LogP contribution in [-0.4, -0.2) is 18.3 Å². The van der Waals surface area contributed by atoms with Crippen LogP contribution in [0.15, 0.2) is 51.7 Å².